The van der Waals surface area contributed by atoms with Crippen LogP contribution in [0, 0.1) is 0 Å². The number of rotatable bonds is 4. The third kappa shape index (κ3) is 3.92. The summed E-state index contributed by atoms with van der Waals surface area (Å²) in [7, 11) is 1.57. The summed E-state index contributed by atoms with van der Waals surface area (Å²) in [6, 6.07) is 21.7. The van der Waals surface area contributed by atoms with Crippen molar-refractivity contribution >= 4 is 28.8 Å². The number of aromatic nitrogens is 3. The minimum absolute atomic E-state index is 0.0268. The van der Waals surface area contributed by atoms with E-state index in [1.54, 1.807) is 19.2 Å². The van der Waals surface area contributed by atoms with Crippen molar-refractivity contribution in [3.8, 4) is 17.3 Å². The second-order valence-corrected chi connectivity index (χ2v) is 9.12. The molecule has 1 atom stereocenters. The van der Waals surface area contributed by atoms with Crippen LogP contribution >= 0.6 is 0 Å². The predicted molar refractivity (Wildman–Crippen MR) is 143 cm³/mol. The van der Waals surface area contributed by atoms with E-state index in [1.165, 1.54) is 4.57 Å². The molecule has 0 spiro atoms. The summed E-state index contributed by atoms with van der Waals surface area (Å²) in [5.74, 6) is -0.133. The van der Waals surface area contributed by atoms with Crippen LogP contribution in [-0.2, 0) is 13.5 Å². The van der Waals surface area contributed by atoms with Crippen molar-refractivity contribution < 1.29 is 14.3 Å². The Bertz CT molecular complexity index is 1710. The number of anilines is 2. The van der Waals surface area contributed by atoms with Crippen LogP contribution in [0.4, 0.5) is 16.4 Å². The molecule has 1 aliphatic rings. The molecule has 0 bridgehead atoms. The number of hydrogen-bond donors (Lipinski definition) is 3. The van der Waals surface area contributed by atoms with Crippen molar-refractivity contribution in [2.45, 2.75) is 12.5 Å². The second kappa shape index (κ2) is 9.07. The second-order valence-electron chi connectivity index (χ2n) is 9.12. The fraction of sp³-hybridized carbons (Fsp3) is 0.143. The number of para-hydroxylation sites is 2. The number of urea groups is 1. The lowest BCUT2D eigenvalue weighted by Gasteiger charge is -2.39. The van der Waals surface area contributed by atoms with Crippen molar-refractivity contribution in [2.24, 2.45) is 12.8 Å². The van der Waals surface area contributed by atoms with Crippen LogP contribution in [0.1, 0.15) is 22.7 Å². The van der Waals surface area contributed by atoms with Crippen LogP contribution in [0.3, 0.4) is 0 Å². The molecule has 1 aliphatic heterocycles. The first kappa shape index (κ1) is 23.3. The maximum atomic E-state index is 13.2. The monoisotopic (exact) mass is 508 g/mol. The molecule has 0 saturated carbocycles. The number of benzene rings is 3. The van der Waals surface area contributed by atoms with Gasteiger partial charge in [0.05, 0.1) is 6.04 Å². The zero-order chi connectivity index (χ0) is 26.4. The van der Waals surface area contributed by atoms with Gasteiger partial charge in [0.15, 0.2) is 11.3 Å². The van der Waals surface area contributed by atoms with Crippen molar-refractivity contribution in [3.63, 3.8) is 0 Å². The van der Waals surface area contributed by atoms with E-state index in [9.17, 15) is 14.7 Å². The molecule has 0 aliphatic carbocycles. The summed E-state index contributed by atoms with van der Waals surface area (Å²) in [5.41, 5.74) is 9.42. The molecule has 0 fully saturated rings. The number of nitrogens with two attached hydrogens (primary N) is 1. The topological polar surface area (TPSA) is 140 Å². The molecule has 0 saturated heterocycles. The van der Waals surface area contributed by atoms with Crippen LogP contribution in [0.25, 0.3) is 22.7 Å². The molecule has 10 heteroatoms. The van der Waals surface area contributed by atoms with Gasteiger partial charge in [-0.05, 0) is 47.4 Å². The Kier molecular flexibility index (Phi) is 5.56. The summed E-state index contributed by atoms with van der Waals surface area (Å²) < 4.78 is 7.17. The first-order valence-electron chi connectivity index (χ1n) is 12.1. The van der Waals surface area contributed by atoms with Gasteiger partial charge in [-0.25, -0.2) is 14.8 Å². The largest absolute Gasteiger partial charge is 0.501 e. The van der Waals surface area contributed by atoms with E-state index in [0.29, 0.717) is 35.7 Å². The van der Waals surface area contributed by atoms with Gasteiger partial charge in [-0.3, -0.25) is 9.36 Å². The van der Waals surface area contributed by atoms with Gasteiger partial charge in [0.25, 0.3) is 11.4 Å². The molecule has 2 aromatic heterocycles. The molecule has 2 amide bonds. The highest BCUT2D eigenvalue weighted by Crippen LogP contribution is 2.39. The molecule has 38 heavy (non-hydrogen) atoms. The van der Waals surface area contributed by atoms with Crippen molar-refractivity contribution in [3.05, 3.63) is 99.8 Å². The average molecular weight is 509 g/mol. The molecule has 1 unspecified atom stereocenters. The lowest BCUT2D eigenvalue weighted by Crippen LogP contribution is -2.40. The van der Waals surface area contributed by atoms with Gasteiger partial charge in [0.1, 0.15) is 5.52 Å². The number of aromatic hydroxyl groups is 1. The first-order chi connectivity index (χ1) is 18.4. The molecule has 10 nitrogen and oxygen atoms in total. The number of fused-ring (bicyclic) bond motifs is 2. The van der Waals surface area contributed by atoms with Gasteiger partial charge < -0.3 is 25.5 Å². The van der Waals surface area contributed by atoms with E-state index in [0.717, 1.165) is 16.7 Å². The average Bonchev–Trinajstić information content (AvgIpc) is 3.35. The van der Waals surface area contributed by atoms with E-state index in [1.807, 2.05) is 65.6 Å². The third-order valence-corrected chi connectivity index (χ3v) is 6.75. The Labute approximate surface area is 217 Å². The quantitative estimate of drug-likeness (QED) is 0.334. The molecule has 4 N–H and O–H groups in total. The Morgan fingerprint density at radius 1 is 1.08 bits per heavy atom. The zero-order valence-corrected chi connectivity index (χ0v) is 20.5. The van der Waals surface area contributed by atoms with Crippen LogP contribution < -0.4 is 21.5 Å². The van der Waals surface area contributed by atoms with Crippen LogP contribution in [0.2, 0.25) is 0 Å². The van der Waals surface area contributed by atoms with E-state index in [4.69, 9.17) is 15.1 Å². The summed E-state index contributed by atoms with van der Waals surface area (Å²) in [5, 5.41) is 13.4. The highest BCUT2D eigenvalue weighted by atomic mass is 16.4. The highest BCUT2D eigenvalue weighted by molar-refractivity contribution is 5.88. The maximum Gasteiger partial charge on any atom is 0.316 e. The number of amides is 2. The Balaban J connectivity index is 1.54. The van der Waals surface area contributed by atoms with E-state index in [2.05, 4.69) is 10.3 Å². The highest BCUT2D eigenvalue weighted by Gasteiger charge is 2.33. The Morgan fingerprint density at radius 2 is 1.84 bits per heavy atom. The number of carbonyl (C=O) groups excluding carboxylic acids is 1. The van der Waals surface area contributed by atoms with Crippen LogP contribution in [-0.4, -0.2) is 32.2 Å². The lowest BCUT2D eigenvalue weighted by atomic mass is 9.88. The smallest absolute Gasteiger partial charge is 0.316 e. The fourth-order valence-corrected chi connectivity index (χ4v) is 5.00. The SMILES string of the molecule is Cn1c(N2CCc3ccc(NC(N)=O)cc3C2c2ccccc2)nc(-c2nc3ccccc3o2)c(O)c1=O. The maximum absolute atomic E-state index is 13.2. The van der Waals surface area contributed by atoms with E-state index >= 15 is 0 Å². The summed E-state index contributed by atoms with van der Waals surface area (Å²) >= 11 is 0. The van der Waals surface area contributed by atoms with Crippen molar-refractivity contribution in [1.82, 2.24) is 14.5 Å². The van der Waals surface area contributed by atoms with E-state index in [-0.39, 0.29) is 17.6 Å². The van der Waals surface area contributed by atoms with E-state index < -0.39 is 17.3 Å². The van der Waals surface area contributed by atoms with Gasteiger partial charge in [-0.1, -0.05) is 48.5 Å². The summed E-state index contributed by atoms with van der Waals surface area (Å²) in [6.45, 7) is 0.549. The number of oxazole rings is 1. The predicted octanol–water partition coefficient (Wildman–Crippen LogP) is 3.94. The normalized spacial score (nSPS) is 14.9. The molecule has 6 rings (SSSR count). The fourth-order valence-electron chi connectivity index (χ4n) is 5.00. The van der Waals surface area contributed by atoms with Gasteiger partial charge in [-0.2, -0.15) is 0 Å². The minimum atomic E-state index is -0.653. The molecule has 5 aromatic rings. The van der Waals surface area contributed by atoms with Gasteiger partial charge in [0.2, 0.25) is 11.7 Å². The number of hydrogen-bond acceptors (Lipinski definition) is 7. The molecule has 3 heterocycles. The first-order valence-corrected chi connectivity index (χ1v) is 12.1. The molecule has 0 radical (unpaired) electrons. The number of nitrogens with zero attached hydrogens (tertiary/aromatic N) is 4. The molecule has 190 valence electrons. The summed E-state index contributed by atoms with van der Waals surface area (Å²) in [6.07, 6.45) is 0.671. The number of nitrogens with one attached hydrogen (secondary N) is 1. The van der Waals surface area contributed by atoms with Gasteiger partial charge in [0, 0.05) is 19.3 Å². The van der Waals surface area contributed by atoms with Crippen LogP contribution in [0.15, 0.2) is 82.0 Å². The van der Waals surface area contributed by atoms with Crippen LogP contribution in [0.5, 0.6) is 5.75 Å². The molecule has 3 aromatic carbocycles. The minimum Gasteiger partial charge on any atom is -0.501 e. The lowest BCUT2D eigenvalue weighted by molar-refractivity contribution is 0.259. The molecular formula is C28H24N6O4. The summed E-state index contributed by atoms with van der Waals surface area (Å²) in [4.78, 5) is 36.0. The number of primary amides is 1. The van der Waals surface area contributed by atoms with Gasteiger partial charge >= 0.3 is 6.03 Å². The third-order valence-electron chi connectivity index (χ3n) is 6.75. The Hall–Kier alpha value is -5.12. The number of carbonyl (C=O) groups is 1. The Morgan fingerprint density at radius 3 is 2.61 bits per heavy atom. The van der Waals surface area contributed by atoms with Gasteiger partial charge in [-0.15, -0.1) is 0 Å². The molecular weight excluding hydrogens is 484 g/mol. The van der Waals surface area contributed by atoms with Crippen molar-refractivity contribution in [1.29, 1.82) is 0 Å². The zero-order valence-electron chi connectivity index (χ0n) is 20.5. The standard InChI is InChI=1S/C28H24N6O4/c1-33-26(36)24(35)22(25-31-20-9-5-6-10-21(20)38-25)32-28(33)34-14-13-16-11-12-18(30-27(29)37)15-19(16)23(34)17-7-3-2-4-8-17/h2-12,15,23,35H,13-14H2,1H3,(H3,29,30,37). The van der Waals surface area contributed by atoms with Crippen molar-refractivity contribution in [2.75, 3.05) is 16.8 Å².